The van der Waals surface area contributed by atoms with E-state index in [-0.39, 0.29) is 5.92 Å². The van der Waals surface area contributed by atoms with Crippen LogP contribution in [0.2, 0.25) is 0 Å². The van der Waals surface area contributed by atoms with Crippen LogP contribution in [0.15, 0.2) is 22.8 Å². The summed E-state index contributed by atoms with van der Waals surface area (Å²) < 4.78 is 5.48. The molecule has 3 fully saturated rings. The molecule has 3 heterocycles. The second-order valence-electron chi connectivity index (χ2n) is 6.90. The zero-order valence-corrected chi connectivity index (χ0v) is 13.0. The molecule has 4 atom stereocenters. The maximum absolute atomic E-state index is 12.9. The van der Waals surface area contributed by atoms with Gasteiger partial charge in [0.25, 0.3) is 0 Å². The van der Waals surface area contributed by atoms with Gasteiger partial charge in [0.15, 0.2) is 22.9 Å². The van der Waals surface area contributed by atoms with Gasteiger partial charge in [0.1, 0.15) is 0 Å². The number of nitrogens with one attached hydrogen (secondary N) is 1. The summed E-state index contributed by atoms with van der Waals surface area (Å²) in [4.78, 5) is 12.9. The lowest BCUT2D eigenvalue weighted by Gasteiger charge is -2.50. The van der Waals surface area contributed by atoms with Gasteiger partial charge < -0.3 is 15.1 Å². The molecule has 1 saturated carbocycles. The van der Waals surface area contributed by atoms with Crippen molar-refractivity contribution in [3.63, 3.8) is 0 Å². The van der Waals surface area contributed by atoms with Crippen LogP contribution in [0.3, 0.4) is 0 Å². The zero-order chi connectivity index (χ0) is 17.0. The van der Waals surface area contributed by atoms with Crippen molar-refractivity contribution in [3.8, 4) is 18.2 Å². The largest absolute Gasteiger partial charge is 0.463 e. The summed E-state index contributed by atoms with van der Waals surface area (Å²) >= 11 is 0. The van der Waals surface area contributed by atoms with E-state index < -0.39 is 28.4 Å². The van der Waals surface area contributed by atoms with Crippen LogP contribution in [0.1, 0.15) is 37.5 Å². The fraction of sp³-hybridized carbons (Fsp3) is 0.529. The molecule has 3 aliphatic rings. The lowest BCUT2D eigenvalue weighted by molar-refractivity contribution is -0.795. The minimum Gasteiger partial charge on any atom is -0.463 e. The molecule has 0 aromatic carbocycles. The molecule has 0 unspecified atom stereocenters. The van der Waals surface area contributed by atoms with Gasteiger partial charge in [-0.15, -0.1) is 0 Å². The van der Waals surface area contributed by atoms with Crippen molar-refractivity contribution in [3.05, 3.63) is 24.2 Å². The van der Waals surface area contributed by atoms with Gasteiger partial charge in [-0.05, 0) is 25.0 Å². The van der Waals surface area contributed by atoms with Crippen LogP contribution >= 0.6 is 0 Å². The molecule has 3 N–H and O–H groups in total. The summed E-state index contributed by atoms with van der Waals surface area (Å²) in [5, 5.41) is 34.8. The number of quaternary nitrogens is 1. The molecule has 1 amide bonds. The maximum atomic E-state index is 12.9. The minimum absolute atomic E-state index is 0.359. The van der Waals surface area contributed by atoms with Crippen molar-refractivity contribution in [1.29, 1.82) is 15.8 Å². The molecular weight excluding hydrogens is 306 g/mol. The Morgan fingerprint density at radius 2 is 2.04 bits per heavy atom. The molecule has 7 nitrogen and oxygen atoms in total. The Hall–Kier alpha value is -2.82. The smallest absolute Gasteiger partial charge is 0.248 e. The second-order valence-corrected chi connectivity index (χ2v) is 6.90. The van der Waals surface area contributed by atoms with Gasteiger partial charge >= 0.3 is 0 Å². The Morgan fingerprint density at radius 1 is 1.25 bits per heavy atom. The predicted octanol–water partition coefficient (Wildman–Crippen LogP) is 0.458. The zero-order valence-electron chi connectivity index (χ0n) is 13.0. The third-order valence-corrected chi connectivity index (χ3v) is 6.11. The Morgan fingerprint density at radius 3 is 2.67 bits per heavy atom. The highest BCUT2D eigenvalue weighted by Gasteiger charge is 2.82. The van der Waals surface area contributed by atoms with Crippen molar-refractivity contribution < 1.29 is 14.5 Å². The van der Waals surface area contributed by atoms with E-state index in [2.05, 4.69) is 11.4 Å². The number of nitrogens with two attached hydrogens (primary N) is 1. The summed E-state index contributed by atoms with van der Waals surface area (Å²) in [6, 6.07) is 8.87. The van der Waals surface area contributed by atoms with E-state index in [0.29, 0.717) is 12.2 Å². The van der Waals surface area contributed by atoms with Crippen molar-refractivity contribution >= 4 is 5.91 Å². The summed E-state index contributed by atoms with van der Waals surface area (Å²) in [6.45, 7) is 0. The number of hydrogen-bond acceptors (Lipinski definition) is 5. The maximum Gasteiger partial charge on any atom is 0.248 e. The average molecular weight is 322 g/mol. The summed E-state index contributed by atoms with van der Waals surface area (Å²) in [6.07, 6.45) is 4.67. The first-order chi connectivity index (χ1) is 11.6. The minimum atomic E-state index is -1.80. The van der Waals surface area contributed by atoms with Gasteiger partial charge in [-0.25, -0.2) is 0 Å². The normalized spacial score (nSPS) is 39.0. The van der Waals surface area contributed by atoms with E-state index in [1.807, 2.05) is 17.5 Å². The van der Waals surface area contributed by atoms with Crippen LogP contribution in [0.5, 0.6) is 0 Å². The fourth-order valence-electron chi connectivity index (χ4n) is 5.10. The van der Waals surface area contributed by atoms with E-state index in [1.54, 1.807) is 12.1 Å². The number of piperidine rings is 1. The van der Waals surface area contributed by atoms with Crippen LogP contribution in [0.4, 0.5) is 0 Å². The molecule has 2 bridgehead atoms. The molecule has 1 aromatic rings. The first-order valence-electron chi connectivity index (χ1n) is 8.06. The molecule has 120 valence electrons. The first kappa shape index (κ1) is 14.8. The van der Waals surface area contributed by atoms with E-state index in [0.717, 1.165) is 19.3 Å². The first-order valence-corrected chi connectivity index (χ1v) is 8.06. The van der Waals surface area contributed by atoms with E-state index in [4.69, 9.17) is 4.42 Å². The van der Waals surface area contributed by atoms with Crippen LogP contribution < -0.4 is 10.6 Å². The number of nitrogens with zero attached hydrogens (tertiary/aromatic N) is 3. The second kappa shape index (κ2) is 4.60. The van der Waals surface area contributed by atoms with Crippen molar-refractivity contribution in [1.82, 2.24) is 5.32 Å². The van der Waals surface area contributed by atoms with Crippen molar-refractivity contribution in [2.45, 2.75) is 37.4 Å². The highest BCUT2D eigenvalue weighted by Crippen LogP contribution is 2.61. The van der Waals surface area contributed by atoms with Crippen LogP contribution in [0.25, 0.3) is 0 Å². The SMILES string of the molecule is N#CC1(C#N)[C@H](c2ccco2)[NH2+][C@@]23CCCC[C@H]2[C@]1(C#N)C(=O)N3. The fourth-order valence-corrected chi connectivity index (χ4v) is 5.10. The van der Waals surface area contributed by atoms with Crippen LogP contribution in [-0.2, 0) is 4.79 Å². The Labute approximate surface area is 138 Å². The van der Waals surface area contributed by atoms with Gasteiger partial charge in [0, 0.05) is 6.42 Å². The number of carbonyl (C=O) groups is 1. The molecule has 24 heavy (non-hydrogen) atoms. The molecule has 7 heteroatoms. The lowest BCUT2D eigenvalue weighted by atomic mass is 9.50. The summed E-state index contributed by atoms with van der Waals surface area (Å²) in [5.74, 6) is -0.412. The van der Waals surface area contributed by atoms with Gasteiger partial charge in [-0.2, -0.15) is 15.8 Å². The van der Waals surface area contributed by atoms with E-state index in [1.165, 1.54) is 6.26 Å². The van der Waals surface area contributed by atoms with Crippen molar-refractivity contribution in [2.24, 2.45) is 16.7 Å². The third kappa shape index (κ3) is 1.36. The van der Waals surface area contributed by atoms with Gasteiger partial charge in [0.05, 0.1) is 30.4 Å². The quantitative estimate of drug-likeness (QED) is 0.775. The number of nitriles is 3. The van der Waals surface area contributed by atoms with Gasteiger partial charge in [-0.3, -0.25) is 4.79 Å². The summed E-state index contributed by atoms with van der Waals surface area (Å²) in [7, 11) is 0. The van der Waals surface area contributed by atoms with Crippen LogP contribution in [-0.4, -0.2) is 11.6 Å². The molecule has 4 rings (SSSR count). The Balaban J connectivity index is 2.02. The highest BCUT2D eigenvalue weighted by atomic mass is 16.3. The number of furan rings is 1. The number of carbonyl (C=O) groups excluding carboxylic acids is 1. The molecule has 0 spiro atoms. The average Bonchev–Trinajstić information content (AvgIpc) is 3.19. The molecule has 1 aliphatic carbocycles. The Bertz CT molecular complexity index is 813. The van der Waals surface area contributed by atoms with Gasteiger partial charge in [0.2, 0.25) is 11.3 Å². The van der Waals surface area contributed by atoms with E-state index >= 15 is 0 Å². The topological polar surface area (TPSA) is 130 Å². The summed E-state index contributed by atoms with van der Waals surface area (Å²) in [5.41, 5.74) is -4.12. The third-order valence-electron chi connectivity index (χ3n) is 6.11. The van der Waals surface area contributed by atoms with Gasteiger partial charge in [-0.1, -0.05) is 6.42 Å². The standard InChI is InChI=1S/C17H15N5O2/c18-8-15(9-19)13(11-4-3-7-24-11)21-17-6-2-1-5-12(17)16(15,10-20)14(23)22-17/h3-4,7,12-13,21H,1-2,5-6H2,(H,22,23)/p+1/t12-,13-,16+,17+/m0/s1. The molecule has 2 aliphatic heterocycles. The number of hydrogen-bond donors (Lipinski definition) is 2. The number of amides is 1. The van der Waals surface area contributed by atoms with Crippen LogP contribution in [0, 0.1) is 50.7 Å². The van der Waals surface area contributed by atoms with E-state index in [9.17, 15) is 20.6 Å². The highest BCUT2D eigenvalue weighted by molar-refractivity contribution is 5.92. The molecule has 0 radical (unpaired) electrons. The Kier molecular flexibility index (Phi) is 2.83. The molecule has 2 saturated heterocycles. The molecule has 1 aromatic heterocycles. The lowest BCUT2D eigenvalue weighted by Crippen LogP contribution is -3.05. The monoisotopic (exact) mass is 322 g/mol. The molecular formula is C17H16N5O2+. The van der Waals surface area contributed by atoms with Crippen molar-refractivity contribution in [2.75, 3.05) is 0 Å². The number of rotatable bonds is 1. The predicted molar refractivity (Wildman–Crippen MR) is 77.9 cm³/mol.